The van der Waals surface area contributed by atoms with Crippen molar-refractivity contribution in [2.75, 3.05) is 0 Å². The van der Waals surface area contributed by atoms with Gasteiger partial charge in [-0.15, -0.1) is 0 Å². The summed E-state index contributed by atoms with van der Waals surface area (Å²) in [5, 5.41) is 26.2. The van der Waals surface area contributed by atoms with Crippen molar-refractivity contribution in [2.24, 2.45) is 10.3 Å². The molecular weight excluding hydrogens is 444 g/mol. The largest absolute Gasteiger partial charge is 0.411 e. The van der Waals surface area contributed by atoms with Crippen LogP contribution in [0.15, 0.2) is 58.8 Å². The summed E-state index contributed by atoms with van der Waals surface area (Å²) in [5.74, 6) is 0. The number of unbranched alkanes of at least 4 members (excludes halogenated alkanes) is 12. The van der Waals surface area contributed by atoms with Crippen LogP contribution >= 0.6 is 0 Å². The first-order chi connectivity index (χ1) is 17.7. The minimum absolute atomic E-state index is 0.764. The highest BCUT2D eigenvalue weighted by Crippen LogP contribution is 2.23. The maximum atomic E-state index is 9.53. The third-order valence-electron chi connectivity index (χ3n) is 7.05. The van der Waals surface area contributed by atoms with Crippen molar-refractivity contribution in [1.82, 2.24) is 0 Å². The predicted octanol–water partition coefficient (Wildman–Crippen LogP) is 9.99. The lowest BCUT2D eigenvalue weighted by molar-refractivity contribution is 0.317. The summed E-state index contributed by atoms with van der Waals surface area (Å²) in [4.78, 5) is 0. The topological polar surface area (TPSA) is 65.2 Å². The molecule has 0 aliphatic carbocycles. The normalized spacial score (nSPS) is 12.3. The molecule has 0 spiro atoms. The molecule has 0 atom stereocenters. The molecule has 0 saturated heterocycles. The number of benzene rings is 2. The van der Waals surface area contributed by atoms with E-state index >= 15 is 0 Å². The zero-order valence-corrected chi connectivity index (χ0v) is 22.7. The summed E-state index contributed by atoms with van der Waals surface area (Å²) < 4.78 is 0. The minimum Gasteiger partial charge on any atom is -0.411 e. The van der Waals surface area contributed by atoms with Crippen molar-refractivity contribution in [2.45, 2.75) is 117 Å². The Kier molecular flexibility index (Phi) is 15.3. The second kappa shape index (κ2) is 18.6. The molecule has 0 bridgehead atoms. The van der Waals surface area contributed by atoms with Crippen LogP contribution in [0.25, 0.3) is 11.1 Å². The molecule has 0 radical (unpaired) electrons. The van der Waals surface area contributed by atoms with E-state index in [1.165, 1.54) is 77.0 Å². The van der Waals surface area contributed by atoms with E-state index in [0.29, 0.717) is 0 Å². The zero-order valence-electron chi connectivity index (χ0n) is 22.7. The number of hydrogen-bond donors (Lipinski definition) is 2. The van der Waals surface area contributed by atoms with Crippen LogP contribution in [0.3, 0.4) is 0 Å². The fourth-order valence-electron chi connectivity index (χ4n) is 4.71. The molecule has 0 aliphatic rings. The second-order valence-electron chi connectivity index (χ2n) is 9.99. The molecule has 4 heteroatoms. The van der Waals surface area contributed by atoms with E-state index in [1.807, 2.05) is 24.3 Å². The maximum absolute atomic E-state index is 9.53. The Hall–Kier alpha value is -2.62. The average Bonchev–Trinajstić information content (AvgIpc) is 2.92. The molecule has 2 N–H and O–H groups in total. The van der Waals surface area contributed by atoms with Crippen LogP contribution in [0.5, 0.6) is 0 Å². The fraction of sp³-hybridized carbons (Fsp3) is 0.562. The third kappa shape index (κ3) is 11.0. The summed E-state index contributed by atoms with van der Waals surface area (Å²) in [6.45, 7) is 4.48. The molecule has 0 unspecified atom stereocenters. The molecule has 0 aliphatic heterocycles. The molecule has 2 aromatic carbocycles. The van der Waals surface area contributed by atoms with Crippen LogP contribution < -0.4 is 0 Å². The van der Waals surface area contributed by atoms with Gasteiger partial charge < -0.3 is 10.4 Å². The molecule has 36 heavy (non-hydrogen) atoms. The third-order valence-corrected chi connectivity index (χ3v) is 7.05. The highest BCUT2D eigenvalue weighted by Gasteiger charge is 2.08. The van der Waals surface area contributed by atoms with Gasteiger partial charge in [0.1, 0.15) is 0 Å². The van der Waals surface area contributed by atoms with Gasteiger partial charge in [0.2, 0.25) is 0 Å². The average molecular weight is 493 g/mol. The quantitative estimate of drug-likeness (QED) is 0.0886. The van der Waals surface area contributed by atoms with E-state index in [0.717, 1.165) is 59.4 Å². The van der Waals surface area contributed by atoms with E-state index in [4.69, 9.17) is 0 Å². The van der Waals surface area contributed by atoms with Crippen molar-refractivity contribution in [3.05, 3.63) is 59.7 Å². The molecule has 2 aromatic rings. The number of rotatable bonds is 19. The smallest absolute Gasteiger partial charge is 0.0867 e. The molecule has 4 nitrogen and oxygen atoms in total. The molecular formula is C32H48N2O2. The number of hydrogen-bond acceptors (Lipinski definition) is 4. The van der Waals surface area contributed by atoms with E-state index in [-0.39, 0.29) is 0 Å². The number of nitrogens with zero attached hydrogens (tertiary/aromatic N) is 2. The van der Waals surface area contributed by atoms with Crippen molar-refractivity contribution in [1.29, 1.82) is 0 Å². The summed E-state index contributed by atoms with van der Waals surface area (Å²) in [6.07, 6.45) is 19.1. The Balaban J connectivity index is 1.83. The molecule has 0 fully saturated rings. The van der Waals surface area contributed by atoms with Gasteiger partial charge in [0.15, 0.2) is 0 Å². The van der Waals surface area contributed by atoms with E-state index in [1.54, 1.807) is 0 Å². The zero-order chi connectivity index (χ0) is 25.8. The molecule has 198 valence electrons. The highest BCUT2D eigenvalue weighted by molar-refractivity contribution is 6.01. The van der Waals surface area contributed by atoms with Gasteiger partial charge in [-0.25, -0.2) is 0 Å². The maximum Gasteiger partial charge on any atom is 0.0867 e. The van der Waals surface area contributed by atoms with Crippen molar-refractivity contribution >= 4 is 11.4 Å². The van der Waals surface area contributed by atoms with Crippen molar-refractivity contribution < 1.29 is 10.4 Å². The van der Waals surface area contributed by atoms with Crippen LogP contribution in [0.2, 0.25) is 0 Å². The fourth-order valence-corrected chi connectivity index (χ4v) is 4.71. The lowest BCUT2D eigenvalue weighted by atomic mass is 9.97. The predicted molar refractivity (Wildman–Crippen MR) is 154 cm³/mol. The van der Waals surface area contributed by atoms with Crippen molar-refractivity contribution in [3.63, 3.8) is 0 Å². The van der Waals surface area contributed by atoms with Gasteiger partial charge in [0, 0.05) is 0 Å². The van der Waals surface area contributed by atoms with Gasteiger partial charge in [-0.2, -0.15) is 0 Å². The molecule has 0 heterocycles. The Morgan fingerprint density at radius 3 is 1.08 bits per heavy atom. The number of oxime groups is 2. The van der Waals surface area contributed by atoms with E-state index < -0.39 is 0 Å². The van der Waals surface area contributed by atoms with Gasteiger partial charge in [-0.1, -0.05) is 150 Å². The highest BCUT2D eigenvalue weighted by atomic mass is 16.4. The minimum atomic E-state index is 0.764. The first-order valence-electron chi connectivity index (χ1n) is 14.4. The Labute approximate surface area is 219 Å². The second-order valence-corrected chi connectivity index (χ2v) is 9.99. The van der Waals surface area contributed by atoms with E-state index in [9.17, 15) is 10.4 Å². The van der Waals surface area contributed by atoms with Gasteiger partial charge in [-0.3, -0.25) is 0 Å². The monoisotopic (exact) mass is 492 g/mol. The summed E-state index contributed by atoms with van der Waals surface area (Å²) in [5.41, 5.74) is 5.72. The van der Waals surface area contributed by atoms with Crippen LogP contribution in [0.4, 0.5) is 0 Å². The summed E-state index contributed by atoms with van der Waals surface area (Å²) in [7, 11) is 0. The first-order valence-corrected chi connectivity index (χ1v) is 14.4. The Bertz CT molecular complexity index is 810. The summed E-state index contributed by atoms with van der Waals surface area (Å²) in [6, 6.07) is 16.5. The van der Waals surface area contributed by atoms with Crippen LogP contribution in [0.1, 0.15) is 128 Å². The lowest BCUT2D eigenvalue weighted by Crippen LogP contribution is -2.02. The van der Waals surface area contributed by atoms with Gasteiger partial charge in [-0.05, 0) is 47.9 Å². The van der Waals surface area contributed by atoms with Crippen LogP contribution in [-0.4, -0.2) is 21.8 Å². The molecule has 0 aromatic heterocycles. The van der Waals surface area contributed by atoms with Crippen molar-refractivity contribution in [3.8, 4) is 11.1 Å². The van der Waals surface area contributed by atoms with Gasteiger partial charge in [0.05, 0.1) is 11.4 Å². The first kappa shape index (κ1) is 29.6. The molecule has 0 amide bonds. The lowest BCUT2D eigenvalue weighted by Gasteiger charge is -2.09. The van der Waals surface area contributed by atoms with Gasteiger partial charge >= 0.3 is 0 Å². The molecule has 0 saturated carbocycles. The van der Waals surface area contributed by atoms with Crippen LogP contribution in [0, 0.1) is 0 Å². The SMILES string of the molecule is CCCCCCCCC/C(=N\O)c1ccc(-c2ccc(/C(CCCCCCCCC)=N/O)cc2)cc1. The van der Waals surface area contributed by atoms with Crippen LogP contribution in [-0.2, 0) is 0 Å². The van der Waals surface area contributed by atoms with Gasteiger partial charge in [0.25, 0.3) is 0 Å². The summed E-state index contributed by atoms with van der Waals surface area (Å²) >= 11 is 0. The van der Waals surface area contributed by atoms with E-state index in [2.05, 4.69) is 48.4 Å². The Morgan fingerprint density at radius 1 is 0.472 bits per heavy atom. The molecule has 2 rings (SSSR count). The standard InChI is InChI=1S/C32H48N2O2/c1-3-5-7-9-11-13-15-17-31(33-35)29-23-19-27(20-24-29)28-21-25-30(26-22-28)32(34-36)18-16-14-12-10-8-6-4-2/h19-26,35-36H,3-18H2,1-2H3/b33-31+,34-32+. The Morgan fingerprint density at radius 2 is 0.778 bits per heavy atom.